The maximum Gasteiger partial charge on any atom is 0.251 e. The van der Waals surface area contributed by atoms with Gasteiger partial charge in [0, 0.05) is 37.3 Å². The zero-order chi connectivity index (χ0) is 20.9. The van der Waals surface area contributed by atoms with Crippen molar-refractivity contribution >= 4 is 21.8 Å². The molecule has 0 saturated carbocycles. The number of sulfonamides is 1. The number of rotatable bonds is 7. The third-order valence-electron chi connectivity index (χ3n) is 4.78. The molecule has 0 radical (unpaired) electrons. The summed E-state index contributed by atoms with van der Waals surface area (Å²) >= 11 is 0. The highest BCUT2D eigenvalue weighted by molar-refractivity contribution is 7.89. The summed E-state index contributed by atoms with van der Waals surface area (Å²) in [6.45, 7) is 3.65. The van der Waals surface area contributed by atoms with Crippen LogP contribution in [0.5, 0.6) is 0 Å². The van der Waals surface area contributed by atoms with Crippen molar-refractivity contribution in [2.75, 3.05) is 19.6 Å². The normalized spacial score (nSPS) is 14.5. The lowest BCUT2D eigenvalue weighted by Crippen LogP contribution is -2.28. The summed E-state index contributed by atoms with van der Waals surface area (Å²) in [6, 6.07) is 13.1. The van der Waals surface area contributed by atoms with E-state index in [1.54, 1.807) is 30.3 Å². The van der Waals surface area contributed by atoms with Gasteiger partial charge in [-0.2, -0.15) is 4.31 Å². The van der Waals surface area contributed by atoms with Gasteiger partial charge < -0.3 is 10.6 Å². The SMILES string of the molecule is CCNC(=O)c1cccc(CNC(=O)c2cccc(S(=O)(=O)N3CCCC3)c2)c1. The Morgan fingerprint density at radius 1 is 0.931 bits per heavy atom. The molecule has 7 nitrogen and oxygen atoms in total. The summed E-state index contributed by atoms with van der Waals surface area (Å²) < 4.78 is 26.9. The average Bonchev–Trinajstić information content (AvgIpc) is 3.28. The Kier molecular flexibility index (Phi) is 6.66. The zero-order valence-electron chi connectivity index (χ0n) is 16.3. The molecule has 0 bridgehead atoms. The first-order chi connectivity index (χ1) is 13.9. The van der Waals surface area contributed by atoms with Crippen molar-refractivity contribution in [1.82, 2.24) is 14.9 Å². The Bertz CT molecular complexity index is 998. The van der Waals surface area contributed by atoms with Crippen molar-refractivity contribution in [3.8, 4) is 0 Å². The van der Waals surface area contributed by atoms with E-state index in [-0.39, 0.29) is 28.8 Å². The van der Waals surface area contributed by atoms with Crippen LogP contribution in [0.3, 0.4) is 0 Å². The minimum absolute atomic E-state index is 0.130. The number of nitrogens with zero attached hydrogens (tertiary/aromatic N) is 1. The Morgan fingerprint density at radius 2 is 1.55 bits per heavy atom. The summed E-state index contributed by atoms with van der Waals surface area (Å²) in [5.74, 6) is -0.535. The molecule has 0 atom stereocenters. The van der Waals surface area contributed by atoms with E-state index in [4.69, 9.17) is 0 Å². The molecular weight excluding hydrogens is 390 g/mol. The quantitative estimate of drug-likeness (QED) is 0.724. The molecule has 0 spiro atoms. The highest BCUT2D eigenvalue weighted by Crippen LogP contribution is 2.21. The van der Waals surface area contributed by atoms with Crippen molar-refractivity contribution in [3.63, 3.8) is 0 Å². The lowest BCUT2D eigenvalue weighted by Gasteiger charge is -2.16. The van der Waals surface area contributed by atoms with E-state index in [9.17, 15) is 18.0 Å². The van der Waals surface area contributed by atoms with Crippen LogP contribution in [0.4, 0.5) is 0 Å². The summed E-state index contributed by atoms with van der Waals surface area (Å²) in [4.78, 5) is 24.6. The molecule has 2 amide bonds. The Morgan fingerprint density at radius 3 is 2.24 bits per heavy atom. The van der Waals surface area contributed by atoms with E-state index < -0.39 is 10.0 Å². The summed E-state index contributed by atoms with van der Waals surface area (Å²) in [6.07, 6.45) is 1.71. The molecule has 1 aliphatic heterocycles. The first-order valence-corrected chi connectivity index (χ1v) is 11.1. The first kappa shape index (κ1) is 21.0. The van der Waals surface area contributed by atoms with Crippen molar-refractivity contribution in [1.29, 1.82) is 0 Å². The monoisotopic (exact) mass is 415 g/mol. The number of amides is 2. The van der Waals surface area contributed by atoms with Crippen LogP contribution in [0.1, 0.15) is 46.0 Å². The number of nitrogens with one attached hydrogen (secondary N) is 2. The molecule has 2 N–H and O–H groups in total. The van der Waals surface area contributed by atoms with Crippen molar-refractivity contribution in [3.05, 3.63) is 65.2 Å². The lowest BCUT2D eigenvalue weighted by molar-refractivity contribution is 0.0947. The van der Waals surface area contributed by atoms with Crippen LogP contribution in [0.25, 0.3) is 0 Å². The van der Waals surface area contributed by atoms with Crippen LogP contribution in [0.2, 0.25) is 0 Å². The lowest BCUT2D eigenvalue weighted by atomic mass is 10.1. The molecule has 0 aliphatic carbocycles. The van der Waals surface area contributed by atoms with Crippen LogP contribution in [-0.2, 0) is 16.6 Å². The highest BCUT2D eigenvalue weighted by atomic mass is 32.2. The van der Waals surface area contributed by atoms with Crippen molar-refractivity contribution in [2.24, 2.45) is 0 Å². The molecule has 1 saturated heterocycles. The Balaban J connectivity index is 1.69. The molecule has 29 heavy (non-hydrogen) atoms. The van der Waals surface area contributed by atoms with Gasteiger partial charge in [-0.05, 0) is 55.7 Å². The predicted octanol–water partition coefficient (Wildman–Crippen LogP) is 2.15. The fraction of sp³-hybridized carbons (Fsp3) is 0.333. The van der Waals surface area contributed by atoms with Crippen LogP contribution in [-0.4, -0.2) is 44.2 Å². The van der Waals surface area contributed by atoms with Crippen LogP contribution < -0.4 is 10.6 Å². The van der Waals surface area contributed by atoms with Gasteiger partial charge in [-0.3, -0.25) is 9.59 Å². The van der Waals surface area contributed by atoms with Gasteiger partial charge >= 0.3 is 0 Å². The van der Waals surface area contributed by atoms with E-state index >= 15 is 0 Å². The minimum atomic E-state index is -3.57. The zero-order valence-corrected chi connectivity index (χ0v) is 17.2. The second kappa shape index (κ2) is 9.19. The Hall–Kier alpha value is -2.71. The smallest absolute Gasteiger partial charge is 0.251 e. The summed E-state index contributed by atoms with van der Waals surface area (Å²) in [5.41, 5.74) is 1.59. The number of carbonyl (C=O) groups is 2. The second-order valence-electron chi connectivity index (χ2n) is 6.88. The fourth-order valence-electron chi connectivity index (χ4n) is 3.24. The molecule has 3 rings (SSSR count). The van der Waals surface area contributed by atoms with Crippen LogP contribution in [0.15, 0.2) is 53.4 Å². The largest absolute Gasteiger partial charge is 0.352 e. The van der Waals surface area contributed by atoms with Crippen molar-refractivity contribution in [2.45, 2.75) is 31.2 Å². The minimum Gasteiger partial charge on any atom is -0.352 e. The molecular formula is C21H25N3O4S. The molecule has 0 unspecified atom stereocenters. The predicted molar refractivity (Wildman–Crippen MR) is 110 cm³/mol. The van der Waals surface area contributed by atoms with Crippen LogP contribution >= 0.6 is 0 Å². The number of hydrogen-bond donors (Lipinski definition) is 2. The average molecular weight is 416 g/mol. The van der Waals surface area contributed by atoms with Gasteiger partial charge in [0.2, 0.25) is 10.0 Å². The molecule has 8 heteroatoms. The van der Waals surface area contributed by atoms with E-state index in [1.807, 2.05) is 13.0 Å². The third-order valence-corrected chi connectivity index (χ3v) is 6.67. The molecule has 0 aromatic heterocycles. The van der Waals surface area contributed by atoms with E-state index in [1.165, 1.54) is 16.4 Å². The summed E-state index contributed by atoms with van der Waals surface area (Å²) in [7, 11) is -3.57. The standard InChI is InChI=1S/C21H25N3O4S/c1-2-22-20(25)17-8-5-7-16(13-17)15-23-21(26)18-9-6-10-19(14-18)29(27,28)24-11-3-4-12-24/h5-10,13-14H,2-4,11-12,15H2,1H3,(H,22,25)(H,23,26). The number of hydrogen-bond acceptors (Lipinski definition) is 4. The van der Waals surface area contributed by atoms with E-state index in [0.717, 1.165) is 18.4 Å². The number of benzene rings is 2. The second-order valence-corrected chi connectivity index (χ2v) is 8.82. The Labute approximate surface area is 171 Å². The van der Waals surface area contributed by atoms with E-state index in [0.29, 0.717) is 25.2 Å². The van der Waals surface area contributed by atoms with Gasteiger partial charge in [-0.1, -0.05) is 18.2 Å². The fourth-order valence-corrected chi connectivity index (χ4v) is 4.81. The topological polar surface area (TPSA) is 95.6 Å². The molecule has 2 aromatic carbocycles. The molecule has 154 valence electrons. The van der Waals surface area contributed by atoms with Gasteiger partial charge in [-0.15, -0.1) is 0 Å². The van der Waals surface area contributed by atoms with Gasteiger partial charge in [0.15, 0.2) is 0 Å². The molecule has 1 heterocycles. The van der Waals surface area contributed by atoms with Gasteiger partial charge in [0.1, 0.15) is 0 Å². The first-order valence-electron chi connectivity index (χ1n) is 9.67. The third kappa shape index (κ3) is 5.02. The molecule has 1 fully saturated rings. The van der Waals surface area contributed by atoms with Crippen molar-refractivity contribution < 1.29 is 18.0 Å². The van der Waals surface area contributed by atoms with Gasteiger partial charge in [0.25, 0.3) is 11.8 Å². The maximum absolute atomic E-state index is 12.7. The van der Waals surface area contributed by atoms with E-state index in [2.05, 4.69) is 10.6 Å². The van der Waals surface area contributed by atoms with Gasteiger partial charge in [0.05, 0.1) is 4.90 Å². The van der Waals surface area contributed by atoms with Crippen LogP contribution in [0, 0.1) is 0 Å². The van der Waals surface area contributed by atoms with Gasteiger partial charge in [-0.25, -0.2) is 8.42 Å². The molecule has 1 aliphatic rings. The molecule has 2 aromatic rings. The highest BCUT2D eigenvalue weighted by Gasteiger charge is 2.27. The summed E-state index contributed by atoms with van der Waals surface area (Å²) in [5, 5.41) is 5.52. The number of carbonyl (C=O) groups excluding carboxylic acids is 2. The maximum atomic E-state index is 12.7.